The summed E-state index contributed by atoms with van der Waals surface area (Å²) < 4.78 is 29.8. The van der Waals surface area contributed by atoms with Gasteiger partial charge in [-0.25, -0.2) is 8.42 Å². The molecule has 0 radical (unpaired) electrons. The van der Waals surface area contributed by atoms with E-state index in [4.69, 9.17) is 27.9 Å². The van der Waals surface area contributed by atoms with Crippen LogP contribution in [0.4, 0.5) is 0 Å². The molecule has 1 aromatic heterocycles. The van der Waals surface area contributed by atoms with Crippen molar-refractivity contribution in [3.63, 3.8) is 0 Å². The molecule has 1 atom stereocenters. The molecule has 5 nitrogen and oxygen atoms in total. The average molecular weight is 490 g/mol. The number of amides is 1. The van der Waals surface area contributed by atoms with Crippen LogP contribution in [0.3, 0.4) is 0 Å². The molecular weight excluding hydrogens is 465 g/mol. The Bertz CT molecular complexity index is 997. The van der Waals surface area contributed by atoms with Gasteiger partial charge in [-0.2, -0.15) is 0 Å². The van der Waals surface area contributed by atoms with E-state index < -0.39 is 9.84 Å². The zero-order chi connectivity index (χ0) is 21.9. The van der Waals surface area contributed by atoms with Gasteiger partial charge in [0.2, 0.25) is 0 Å². The van der Waals surface area contributed by atoms with Gasteiger partial charge in [0.25, 0.3) is 5.91 Å². The van der Waals surface area contributed by atoms with Crippen LogP contribution in [0.25, 0.3) is 0 Å². The molecule has 1 amide bonds. The first-order chi connectivity index (χ1) is 14.2. The highest BCUT2D eigenvalue weighted by Crippen LogP contribution is 2.35. The summed E-state index contributed by atoms with van der Waals surface area (Å²) in [6.07, 6.45) is 2.28. The van der Waals surface area contributed by atoms with Gasteiger partial charge in [0.15, 0.2) is 15.6 Å². The van der Waals surface area contributed by atoms with Crippen molar-refractivity contribution in [2.45, 2.75) is 45.7 Å². The lowest BCUT2D eigenvalue weighted by atomic mass is 10.1. The van der Waals surface area contributed by atoms with Crippen molar-refractivity contribution in [3.05, 3.63) is 49.6 Å². The fourth-order valence-electron chi connectivity index (χ4n) is 3.41. The smallest absolute Gasteiger partial charge is 0.254 e. The highest BCUT2D eigenvalue weighted by molar-refractivity contribution is 7.91. The van der Waals surface area contributed by atoms with E-state index in [-0.39, 0.29) is 33.5 Å². The van der Waals surface area contributed by atoms with Crippen molar-refractivity contribution in [2.24, 2.45) is 0 Å². The number of benzene rings is 1. The van der Waals surface area contributed by atoms with Gasteiger partial charge in [-0.15, -0.1) is 11.3 Å². The lowest BCUT2D eigenvalue weighted by molar-refractivity contribution is 0.0683. The van der Waals surface area contributed by atoms with Crippen molar-refractivity contribution in [3.8, 4) is 5.75 Å². The molecule has 3 rings (SSSR count). The Morgan fingerprint density at radius 1 is 1.30 bits per heavy atom. The Labute approximate surface area is 191 Å². The zero-order valence-corrected chi connectivity index (χ0v) is 20.1. The molecule has 0 spiro atoms. The number of unbranched alkanes of at least 4 members (excludes halogenated alkanes) is 1. The molecular formula is C21H25Cl2NO4S2. The van der Waals surface area contributed by atoms with Gasteiger partial charge in [-0.1, -0.05) is 36.5 Å². The maximum absolute atomic E-state index is 13.4. The predicted octanol–water partition coefficient (Wildman–Crippen LogP) is 5.37. The monoisotopic (exact) mass is 489 g/mol. The number of thiophene rings is 1. The van der Waals surface area contributed by atoms with Gasteiger partial charge in [0, 0.05) is 16.5 Å². The van der Waals surface area contributed by atoms with Gasteiger partial charge in [-0.05, 0) is 48.9 Å². The number of sulfone groups is 1. The van der Waals surface area contributed by atoms with Crippen LogP contribution in [0.5, 0.6) is 5.75 Å². The quantitative estimate of drug-likeness (QED) is 0.467. The topological polar surface area (TPSA) is 63.7 Å². The molecule has 1 saturated heterocycles. The second-order valence-electron chi connectivity index (χ2n) is 7.49. The molecule has 1 unspecified atom stereocenters. The van der Waals surface area contributed by atoms with E-state index >= 15 is 0 Å². The van der Waals surface area contributed by atoms with Gasteiger partial charge < -0.3 is 9.64 Å². The molecule has 164 valence electrons. The largest absolute Gasteiger partial charge is 0.490 e. The van der Waals surface area contributed by atoms with Gasteiger partial charge in [0.1, 0.15) is 0 Å². The van der Waals surface area contributed by atoms with Crippen LogP contribution in [0.2, 0.25) is 10.0 Å². The molecule has 30 heavy (non-hydrogen) atoms. The van der Waals surface area contributed by atoms with Crippen molar-refractivity contribution in [2.75, 3.05) is 18.1 Å². The van der Waals surface area contributed by atoms with E-state index in [0.29, 0.717) is 30.9 Å². The average Bonchev–Trinajstić information content (AvgIpc) is 3.25. The molecule has 0 N–H and O–H groups in total. The molecule has 1 aliphatic rings. The van der Waals surface area contributed by atoms with Crippen molar-refractivity contribution in [1.82, 2.24) is 4.90 Å². The third kappa shape index (κ3) is 5.49. The number of nitrogens with zero attached hydrogens (tertiary/aromatic N) is 1. The summed E-state index contributed by atoms with van der Waals surface area (Å²) in [6.45, 7) is 4.89. The lowest BCUT2D eigenvalue weighted by Crippen LogP contribution is -2.40. The molecule has 9 heteroatoms. The first-order valence-corrected chi connectivity index (χ1v) is 13.3. The van der Waals surface area contributed by atoms with Gasteiger partial charge in [-0.3, -0.25) is 4.79 Å². The predicted molar refractivity (Wildman–Crippen MR) is 123 cm³/mol. The molecule has 2 heterocycles. The van der Waals surface area contributed by atoms with Crippen LogP contribution >= 0.6 is 34.5 Å². The van der Waals surface area contributed by atoms with Gasteiger partial charge in [0.05, 0.1) is 34.7 Å². The van der Waals surface area contributed by atoms with Crippen LogP contribution < -0.4 is 4.74 Å². The summed E-state index contributed by atoms with van der Waals surface area (Å²) in [5, 5.41) is 2.51. The van der Waals surface area contributed by atoms with E-state index in [9.17, 15) is 13.2 Å². The maximum Gasteiger partial charge on any atom is 0.254 e. The third-order valence-electron chi connectivity index (χ3n) is 5.18. The number of ether oxygens (including phenoxy) is 1. The van der Waals surface area contributed by atoms with Gasteiger partial charge >= 0.3 is 0 Å². The van der Waals surface area contributed by atoms with Crippen LogP contribution in [-0.4, -0.2) is 43.4 Å². The molecule has 0 bridgehead atoms. The molecule has 2 aromatic rings. The number of aryl methyl sites for hydroxylation is 1. The highest BCUT2D eigenvalue weighted by atomic mass is 35.5. The Hall–Kier alpha value is -1.28. The Kier molecular flexibility index (Phi) is 7.71. The fraction of sp³-hybridized carbons (Fsp3) is 0.476. The highest BCUT2D eigenvalue weighted by Gasteiger charge is 2.35. The molecule has 1 aliphatic heterocycles. The third-order valence-corrected chi connectivity index (χ3v) is 8.50. The first-order valence-electron chi connectivity index (χ1n) is 9.88. The summed E-state index contributed by atoms with van der Waals surface area (Å²) in [4.78, 5) is 16.1. The summed E-state index contributed by atoms with van der Waals surface area (Å²) in [5.41, 5.74) is 1.40. The number of halogens is 2. The second-order valence-corrected chi connectivity index (χ2v) is 11.5. The van der Waals surface area contributed by atoms with E-state index in [2.05, 4.69) is 6.92 Å². The van der Waals surface area contributed by atoms with Crippen molar-refractivity contribution >= 4 is 50.3 Å². The van der Waals surface area contributed by atoms with Crippen molar-refractivity contribution in [1.29, 1.82) is 0 Å². The van der Waals surface area contributed by atoms with Crippen LogP contribution in [0, 0.1) is 6.92 Å². The number of rotatable bonds is 8. The SMILES string of the molecule is CCCCOc1c(Cl)cc(C(=O)N(Cc2sccc2C)C2CCS(=O)(=O)C2)cc1Cl. The number of carbonyl (C=O) groups excluding carboxylic acids is 1. The second kappa shape index (κ2) is 9.90. The van der Waals surface area contributed by atoms with E-state index in [1.54, 1.807) is 28.4 Å². The van der Waals surface area contributed by atoms with Crippen LogP contribution in [-0.2, 0) is 16.4 Å². The van der Waals surface area contributed by atoms with E-state index in [0.717, 1.165) is 23.3 Å². The molecule has 0 aliphatic carbocycles. The summed E-state index contributed by atoms with van der Waals surface area (Å²) >= 11 is 14.3. The summed E-state index contributed by atoms with van der Waals surface area (Å²) in [5.74, 6) is 0.153. The lowest BCUT2D eigenvalue weighted by Gasteiger charge is -2.28. The first kappa shape index (κ1) is 23.4. The molecule has 0 saturated carbocycles. The summed E-state index contributed by atoms with van der Waals surface area (Å²) in [7, 11) is -3.14. The van der Waals surface area contributed by atoms with Crippen LogP contribution in [0.15, 0.2) is 23.6 Å². The Morgan fingerprint density at radius 2 is 2.00 bits per heavy atom. The van der Waals surface area contributed by atoms with E-state index in [1.807, 2.05) is 18.4 Å². The maximum atomic E-state index is 13.4. The standard InChI is InChI=1S/C21H25Cl2NO4S2/c1-3-4-7-28-20-17(22)10-15(11-18(20)23)21(25)24(12-19-14(2)5-8-29-19)16-6-9-30(26,27)13-16/h5,8,10-11,16H,3-4,6-7,9,12-13H2,1-2H3. The molecule has 1 aromatic carbocycles. The number of hydrogen-bond donors (Lipinski definition) is 0. The number of hydrogen-bond acceptors (Lipinski definition) is 5. The fourth-order valence-corrected chi connectivity index (χ4v) is 6.65. The van der Waals surface area contributed by atoms with Crippen molar-refractivity contribution < 1.29 is 17.9 Å². The van der Waals surface area contributed by atoms with E-state index in [1.165, 1.54) is 0 Å². The Morgan fingerprint density at radius 3 is 2.53 bits per heavy atom. The molecule has 1 fully saturated rings. The zero-order valence-electron chi connectivity index (χ0n) is 17.0. The minimum Gasteiger partial charge on any atom is -0.490 e. The normalized spacial score (nSPS) is 17.8. The van der Waals surface area contributed by atoms with Crippen LogP contribution in [0.1, 0.15) is 47.0 Å². The summed E-state index contributed by atoms with van der Waals surface area (Å²) in [6, 6.07) is 4.72. The minimum atomic E-state index is -3.14. The Balaban J connectivity index is 1.89. The minimum absolute atomic E-state index is 0.0250. The number of carbonyl (C=O) groups is 1.